The van der Waals surface area contributed by atoms with E-state index in [1.165, 1.54) is 26.2 Å². The number of hydrogen-bond donors (Lipinski definition) is 0. The largest absolute Gasteiger partial charge is 0.457 e. The molecule has 0 radical (unpaired) electrons. The fraction of sp³-hybridized carbons (Fsp3) is 0.381. The third kappa shape index (κ3) is 4.40. The number of carbonyl (C=O) groups excluding carboxylic acids is 1. The van der Waals surface area contributed by atoms with Crippen molar-refractivity contribution in [3.63, 3.8) is 0 Å². The van der Waals surface area contributed by atoms with Gasteiger partial charge in [0.2, 0.25) is 5.09 Å². The highest BCUT2D eigenvalue weighted by Crippen LogP contribution is 2.35. The van der Waals surface area contributed by atoms with E-state index in [0.29, 0.717) is 16.7 Å². The number of benzene rings is 1. The Balaban J connectivity index is 1.42. The first-order valence-corrected chi connectivity index (χ1v) is 11.4. The number of sulfonamides is 1. The first kappa shape index (κ1) is 21.3. The van der Waals surface area contributed by atoms with Gasteiger partial charge in [0.15, 0.2) is 0 Å². The van der Waals surface area contributed by atoms with Crippen LogP contribution in [0, 0.1) is 0 Å². The third-order valence-corrected chi connectivity index (χ3v) is 6.78. The van der Waals surface area contributed by atoms with Gasteiger partial charge in [-0.25, -0.2) is 17.7 Å². The molecule has 1 fully saturated rings. The van der Waals surface area contributed by atoms with Crippen LogP contribution in [0.5, 0.6) is 0 Å². The summed E-state index contributed by atoms with van der Waals surface area (Å²) in [6.45, 7) is -0.178. The van der Waals surface area contributed by atoms with E-state index < -0.39 is 16.0 Å². The molecule has 31 heavy (non-hydrogen) atoms. The van der Waals surface area contributed by atoms with Crippen molar-refractivity contribution in [3.8, 4) is 0 Å². The summed E-state index contributed by atoms with van der Waals surface area (Å²) in [5.41, 5.74) is 0.527. The predicted octanol–water partition coefficient (Wildman–Crippen LogP) is 2.25. The number of carbonyl (C=O) groups is 1. The van der Waals surface area contributed by atoms with Gasteiger partial charge in [-0.05, 0) is 37.1 Å². The number of aromatic nitrogens is 2. The highest BCUT2D eigenvalue weighted by molar-refractivity contribution is 7.88. The van der Waals surface area contributed by atoms with Gasteiger partial charge in [-0.2, -0.15) is 0 Å². The Morgan fingerprint density at radius 2 is 1.97 bits per heavy atom. The number of aryl methyl sites for hydroxylation is 1. The average molecular weight is 445 g/mol. The molecule has 0 saturated heterocycles. The molecule has 164 valence electrons. The molecule has 1 aliphatic carbocycles. The maximum absolute atomic E-state index is 12.9. The minimum atomic E-state index is -3.68. The number of esters is 1. The Kier molecular flexibility index (Phi) is 5.67. The average Bonchev–Trinajstić information content (AvgIpc) is 3.45. The topological polar surface area (TPSA) is 112 Å². The van der Waals surface area contributed by atoms with Crippen LogP contribution in [0.25, 0.3) is 10.9 Å². The zero-order chi connectivity index (χ0) is 22.2. The number of ether oxygens (including phenoxy) is 1. The number of fused-ring (bicyclic) bond motifs is 1. The number of hydrogen-bond acceptors (Lipinski definition) is 7. The summed E-state index contributed by atoms with van der Waals surface area (Å²) in [6, 6.07) is 10.1. The predicted molar refractivity (Wildman–Crippen MR) is 112 cm³/mol. The summed E-state index contributed by atoms with van der Waals surface area (Å²) >= 11 is 0. The maximum atomic E-state index is 12.9. The quantitative estimate of drug-likeness (QED) is 0.489. The van der Waals surface area contributed by atoms with Crippen molar-refractivity contribution in [2.24, 2.45) is 0 Å². The number of rotatable bonds is 8. The molecule has 0 N–H and O–H groups in total. The van der Waals surface area contributed by atoms with Gasteiger partial charge < -0.3 is 9.15 Å². The van der Waals surface area contributed by atoms with E-state index in [9.17, 15) is 18.0 Å². The lowest BCUT2D eigenvalue weighted by molar-refractivity contribution is -0.145. The summed E-state index contributed by atoms with van der Waals surface area (Å²) in [4.78, 5) is 29.7. The molecule has 0 atom stereocenters. The van der Waals surface area contributed by atoms with Gasteiger partial charge in [0.1, 0.15) is 18.2 Å². The highest BCUT2D eigenvalue weighted by Gasteiger charge is 2.28. The van der Waals surface area contributed by atoms with Crippen LogP contribution in [-0.2, 0) is 32.6 Å². The minimum Gasteiger partial charge on any atom is -0.457 e. The first-order valence-electron chi connectivity index (χ1n) is 9.94. The second-order valence-corrected chi connectivity index (χ2v) is 9.70. The molecule has 2 heterocycles. The summed E-state index contributed by atoms with van der Waals surface area (Å²) < 4.78 is 37.3. The molecule has 9 nitrogen and oxygen atoms in total. The second-order valence-electron chi connectivity index (χ2n) is 7.62. The zero-order valence-corrected chi connectivity index (χ0v) is 18.1. The van der Waals surface area contributed by atoms with Gasteiger partial charge in [-0.15, -0.1) is 0 Å². The van der Waals surface area contributed by atoms with E-state index in [-0.39, 0.29) is 41.9 Å². The monoisotopic (exact) mass is 445 g/mol. The number of para-hydroxylation sites is 1. The normalized spacial score (nSPS) is 14.3. The van der Waals surface area contributed by atoms with E-state index >= 15 is 0 Å². The Hall–Kier alpha value is -2.98. The van der Waals surface area contributed by atoms with Crippen molar-refractivity contribution < 1.29 is 22.4 Å². The van der Waals surface area contributed by atoms with E-state index in [1.807, 2.05) is 12.1 Å². The van der Waals surface area contributed by atoms with Crippen LogP contribution in [0.3, 0.4) is 0 Å². The summed E-state index contributed by atoms with van der Waals surface area (Å²) in [5, 5.41) is 0.361. The summed E-state index contributed by atoms with van der Waals surface area (Å²) in [6.07, 6.45) is 2.16. The lowest BCUT2D eigenvalue weighted by Crippen LogP contribution is -2.25. The van der Waals surface area contributed by atoms with E-state index in [1.54, 1.807) is 16.7 Å². The molecule has 0 amide bonds. The Morgan fingerprint density at radius 1 is 1.23 bits per heavy atom. The molecule has 1 aliphatic rings. The van der Waals surface area contributed by atoms with Crippen LogP contribution in [-0.4, -0.2) is 42.3 Å². The molecular weight excluding hydrogens is 422 g/mol. The molecule has 0 aliphatic heterocycles. The molecule has 3 aromatic rings. The van der Waals surface area contributed by atoms with Crippen molar-refractivity contribution in [1.29, 1.82) is 0 Å². The van der Waals surface area contributed by atoms with Crippen molar-refractivity contribution in [2.45, 2.75) is 43.4 Å². The van der Waals surface area contributed by atoms with Gasteiger partial charge in [0, 0.05) is 26.6 Å². The van der Waals surface area contributed by atoms with Crippen molar-refractivity contribution in [3.05, 3.63) is 58.3 Å². The van der Waals surface area contributed by atoms with Crippen LogP contribution in [0.1, 0.15) is 36.9 Å². The first-order chi connectivity index (χ1) is 14.8. The Labute approximate surface area is 179 Å². The van der Waals surface area contributed by atoms with E-state index in [2.05, 4.69) is 4.98 Å². The summed E-state index contributed by atoms with van der Waals surface area (Å²) in [5.74, 6) is 0.311. The Morgan fingerprint density at radius 3 is 2.68 bits per heavy atom. The molecule has 4 rings (SSSR count). The Bertz CT molecular complexity index is 1290. The fourth-order valence-corrected chi connectivity index (χ4v) is 4.08. The minimum absolute atomic E-state index is 0.0427. The number of nitrogens with zero attached hydrogens (tertiary/aromatic N) is 3. The van der Waals surface area contributed by atoms with Gasteiger partial charge in [-0.1, -0.05) is 12.1 Å². The molecule has 0 unspecified atom stereocenters. The van der Waals surface area contributed by atoms with E-state index in [4.69, 9.17) is 9.15 Å². The van der Waals surface area contributed by atoms with Crippen LogP contribution in [0.15, 0.2) is 50.7 Å². The van der Waals surface area contributed by atoms with Crippen LogP contribution in [0.2, 0.25) is 0 Å². The van der Waals surface area contributed by atoms with Crippen molar-refractivity contribution in [2.75, 3.05) is 14.1 Å². The summed E-state index contributed by atoms with van der Waals surface area (Å²) in [7, 11) is -0.880. The van der Waals surface area contributed by atoms with Crippen molar-refractivity contribution in [1.82, 2.24) is 13.9 Å². The molecule has 1 saturated carbocycles. The molecule has 10 heteroatoms. The van der Waals surface area contributed by atoms with Crippen LogP contribution >= 0.6 is 0 Å². The lowest BCUT2D eigenvalue weighted by Gasteiger charge is -2.12. The van der Waals surface area contributed by atoms with Crippen molar-refractivity contribution >= 4 is 26.9 Å². The fourth-order valence-electron chi connectivity index (χ4n) is 3.27. The standard InChI is InChI=1S/C21H23N3O6S/c1-23(2)31(27,28)20-12-9-15(30-20)13-29-19(25)11-10-18-22-17-6-4-3-5-16(17)21(26)24(18)14-7-8-14/h3-6,9,12,14H,7-8,10-11,13H2,1-2H3. The zero-order valence-electron chi connectivity index (χ0n) is 17.3. The lowest BCUT2D eigenvalue weighted by atomic mass is 10.2. The molecule has 1 aromatic carbocycles. The smallest absolute Gasteiger partial charge is 0.306 e. The SMILES string of the molecule is CN(C)S(=O)(=O)c1ccc(COC(=O)CCc2nc3ccccc3c(=O)n2C2CC2)o1. The van der Waals surface area contributed by atoms with Gasteiger partial charge in [0.05, 0.1) is 17.3 Å². The maximum Gasteiger partial charge on any atom is 0.306 e. The van der Waals surface area contributed by atoms with Gasteiger partial charge in [-0.3, -0.25) is 14.2 Å². The second kappa shape index (κ2) is 8.27. The molecule has 0 bridgehead atoms. The molecule has 2 aromatic heterocycles. The van der Waals surface area contributed by atoms with Crippen LogP contribution < -0.4 is 5.56 Å². The van der Waals surface area contributed by atoms with Gasteiger partial charge >= 0.3 is 5.97 Å². The highest BCUT2D eigenvalue weighted by atomic mass is 32.2. The molecule has 0 spiro atoms. The van der Waals surface area contributed by atoms with Crippen LogP contribution in [0.4, 0.5) is 0 Å². The third-order valence-electron chi connectivity index (χ3n) is 5.09. The molecular formula is C21H23N3O6S. The van der Waals surface area contributed by atoms with Gasteiger partial charge in [0.25, 0.3) is 15.6 Å². The number of furan rings is 1. The van der Waals surface area contributed by atoms with E-state index in [0.717, 1.165) is 17.1 Å².